The molecule has 7 aromatic carbocycles. The van der Waals surface area contributed by atoms with E-state index >= 15 is 0 Å². The van der Waals surface area contributed by atoms with Crippen LogP contribution in [0.5, 0.6) is 0 Å². The Morgan fingerprint density at radius 1 is 0.677 bits per heavy atom. The number of amides is 2. The number of carbonyl (C=O) groups is 2. The Hall–Kier alpha value is -10.2. The third kappa shape index (κ3) is 16.5. The summed E-state index contributed by atoms with van der Waals surface area (Å²) in [4.78, 5) is 44.5. The molecule has 1 atom stereocenters. The predicted molar refractivity (Wildman–Crippen MR) is 352 cm³/mol. The first-order chi connectivity index (χ1) is 44.7. The fourth-order valence-electron chi connectivity index (χ4n) is 10.3. The number of benzene rings is 7. The molecule has 2 amide bonds. The molecule has 0 saturated carbocycles. The first-order valence-corrected chi connectivity index (χ1v) is 32.3. The zero-order chi connectivity index (χ0) is 65.8. The van der Waals surface area contributed by atoms with Crippen LogP contribution in [0.4, 0.5) is 34.1 Å². The summed E-state index contributed by atoms with van der Waals surface area (Å²) in [7, 11) is -8.13. The molecule has 0 spiro atoms. The number of aliphatic hydroxyl groups is 1. The van der Waals surface area contributed by atoms with Gasteiger partial charge >= 0.3 is 0 Å². The standard InChI is InChI=1S/C65H68N14O12S2/c1-42-11-23-57-50(34-42)37-67-77(57)65(82)72-71-52-14-18-54(19-15-52)74-92(85,86)59-25-12-43(2)62(45(59)4)48-9-6-8-47(35-48)41-91-69-28-31-90-33-32-89-30-27-66-64(81)49-10-7-29-76(39-49)40-61(80)70-63-44(3)13-26-60(46(63)5)93(87,88)75-55-20-16-53(17-21-55)73-78-58-24-22-56(79(83)84)36-51(58)38-68-78/h6-26,29,34-39,65,69,71-75,82H,27-28,30-33,40-41H2,1-5H3,(H-,66,70,80,81)/p+1. The minimum atomic E-state index is -4.13. The number of nitro groups is 1. The van der Waals surface area contributed by atoms with Crippen LogP contribution in [-0.2, 0) is 52.3 Å². The van der Waals surface area contributed by atoms with Gasteiger partial charge < -0.3 is 30.6 Å². The van der Waals surface area contributed by atoms with E-state index in [1.54, 1.807) is 123 Å². The lowest BCUT2D eigenvalue weighted by molar-refractivity contribution is -0.684. The molecule has 0 aliphatic rings. The number of aryl methyl sites for hydroxylation is 3. The van der Waals surface area contributed by atoms with Gasteiger partial charge in [0.15, 0.2) is 12.4 Å². The third-order valence-corrected chi connectivity index (χ3v) is 18.0. The third-order valence-electron chi connectivity index (χ3n) is 14.9. The van der Waals surface area contributed by atoms with E-state index in [9.17, 15) is 41.6 Å². The van der Waals surface area contributed by atoms with Gasteiger partial charge in [0.1, 0.15) is 5.56 Å². The van der Waals surface area contributed by atoms with Crippen molar-refractivity contribution in [2.45, 2.75) is 63.9 Å². The Morgan fingerprint density at radius 3 is 2.04 bits per heavy atom. The Kier molecular flexibility index (Phi) is 20.8. The predicted octanol–water partition coefficient (Wildman–Crippen LogP) is 8.46. The zero-order valence-electron chi connectivity index (χ0n) is 51.3. The second-order valence-electron chi connectivity index (χ2n) is 21.8. The molecule has 482 valence electrons. The molecule has 0 bridgehead atoms. The zero-order valence-corrected chi connectivity index (χ0v) is 53.0. The number of anilines is 5. The number of nitro benzene ring substituents is 1. The number of hydroxylamine groups is 1. The first-order valence-electron chi connectivity index (χ1n) is 29.3. The van der Waals surface area contributed by atoms with Gasteiger partial charge in [-0.05, 0) is 165 Å². The van der Waals surface area contributed by atoms with Crippen molar-refractivity contribution in [3.05, 3.63) is 219 Å². The maximum absolute atomic E-state index is 13.8. The molecular weight excluding hydrogens is 1230 g/mol. The van der Waals surface area contributed by atoms with Crippen molar-refractivity contribution in [3.8, 4) is 11.1 Å². The van der Waals surface area contributed by atoms with Crippen molar-refractivity contribution < 1.29 is 55.3 Å². The van der Waals surface area contributed by atoms with Gasteiger partial charge in [-0.1, -0.05) is 42.0 Å². The van der Waals surface area contributed by atoms with E-state index < -0.39 is 37.2 Å². The maximum Gasteiger partial charge on any atom is 0.290 e. The molecule has 10 rings (SSSR count). The average Bonchev–Trinajstić information content (AvgIpc) is 1.49. The molecule has 0 radical (unpaired) electrons. The fourth-order valence-corrected chi connectivity index (χ4v) is 13.0. The number of hydrazine groups is 1. The topological polar surface area (TPSA) is 329 Å². The van der Waals surface area contributed by atoms with E-state index in [2.05, 4.69) is 52.0 Å². The molecule has 0 saturated heterocycles. The summed E-state index contributed by atoms with van der Waals surface area (Å²) in [6.07, 6.45) is 5.18. The van der Waals surface area contributed by atoms with E-state index in [-0.39, 0.29) is 60.0 Å². The smallest absolute Gasteiger partial charge is 0.290 e. The number of sulfonamides is 2. The quantitative estimate of drug-likeness (QED) is 0.00670. The summed E-state index contributed by atoms with van der Waals surface area (Å²) in [5, 5.41) is 37.6. The number of fused-ring (bicyclic) bond motifs is 2. The normalized spacial score (nSPS) is 12.0. The number of hydrogen-bond donors (Lipinski definition) is 9. The monoisotopic (exact) mass is 1300 g/mol. The Labute approximate surface area is 536 Å². The van der Waals surface area contributed by atoms with Crippen molar-refractivity contribution in [3.63, 3.8) is 0 Å². The van der Waals surface area contributed by atoms with Crippen LogP contribution in [0.3, 0.4) is 0 Å². The van der Waals surface area contributed by atoms with Gasteiger partial charge in [-0.25, -0.2) is 21.5 Å². The van der Waals surface area contributed by atoms with Crippen molar-refractivity contribution in [1.29, 1.82) is 0 Å². The highest BCUT2D eigenvalue weighted by atomic mass is 32.2. The van der Waals surface area contributed by atoms with Crippen LogP contribution in [0.2, 0.25) is 0 Å². The highest BCUT2D eigenvalue weighted by Gasteiger charge is 2.25. The van der Waals surface area contributed by atoms with Crippen LogP contribution in [0.15, 0.2) is 180 Å². The van der Waals surface area contributed by atoms with Gasteiger partial charge in [0.25, 0.3) is 37.5 Å². The summed E-state index contributed by atoms with van der Waals surface area (Å²) in [5.41, 5.74) is 21.5. The molecule has 0 fully saturated rings. The lowest BCUT2D eigenvalue weighted by atomic mass is 9.95. The lowest BCUT2D eigenvalue weighted by Gasteiger charge is -2.18. The average molecular weight is 1300 g/mol. The van der Waals surface area contributed by atoms with Gasteiger partial charge in [0.05, 0.1) is 76.9 Å². The molecule has 26 nitrogen and oxygen atoms in total. The molecule has 0 aliphatic heterocycles. The van der Waals surface area contributed by atoms with E-state index in [0.29, 0.717) is 75.7 Å². The molecule has 3 aromatic heterocycles. The number of aliphatic hydroxyl groups excluding tert-OH is 1. The minimum absolute atomic E-state index is 0.0408. The molecule has 28 heteroatoms. The second-order valence-corrected chi connectivity index (χ2v) is 25.1. The molecule has 93 heavy (non-hydrogen) atoms. The number of rotatable bonds is 30. The summed E-state index contributed by atoms with van der Waals surface area (Å²) in [5.74, 6) is -0.821. The molecular formula is C65H69N14O12S2+. The number of nitrogens with one attached hydrogen (secondary N) is 8. The van der Waals surface area contributed by atoms with Crippen molar-refractivity contribution >= 4 is 87.8 Å². The van der Waals surface area contributed by atoms with Crippen LogP contribution in [0, 0.1) is 44.7 Å². The number of carbonyl (C=O) groups excluding carboxylic acids is 2. The Balaban J connectivity index is 0.604. The molecule has 10 aromatic rings. The van der Waals surface area contributed by atoms with Gasteiger partial charge in [-0.2, -0.15) is 30.5 Å². The number of nitrogens with zero attached hydrogens (tertiary/aromatic N) is 6. The van der Waals surface area contributed by atoms with E-state index in [0.717, 1.165) is 38.7 Å². The summed E-state index contributed by atoms with van der Waals surface area (Å²) in [6.45, 7) is 10.9. The SMILES string of the molecule is Cc1ccc2c(cnn2C(O)NNc2ccc(NS(=O)(=O)c3ccc(C)c(-c4cccc(CONCCOCCOCCNC(=O)c5ccc[n+](CC(=O)Nc6c(C)ccc(S(=O)(=O)Nc7ccc(Nn8ncc9cc([N+](=O)[O-])ccc98)cc7)c6C)c5)c4)c3C)cc2)c1. The number of pyridine rings is 1. The Bertz CT molecular complexity index is 4610. The number of ether oxygens (including phenoxy) is 2. The lowest BCUT2D eigenvalue weighted by Crippen LogP contribution is -2.41. The van der Waals surface area contributed by atoms with Crippen LogP contribution in [0.1, 0.15) is 50.1 Å². The maximum atomic E-state index is 13.8. The van der Waals surface area contributed by atoms with Crippen molar-refractivity contribution in [2.75, 3.05) is 65.1 Å². The number of aromatic nitrogens is 5. The van der Waals surface area contributed by atoms with E-state index in [1.165, 1.54) is 40.1 Å². The van der Waals surface area contributed by atoms with Gasteiger partial charge in [0.2, 0.25) is 12.9 Å². The minimum Gasteiger partial charge on any atom is -0.378 e. The van der Waals surface area contributed by atoms with Gasteiger partial charge in [-0.3, -0.25) is 39.4 Å². The van der Waals surface area contributed by atoms with Gasteiger partial charge in [-0.15, -0.1) is 0 Å². The summed E-state index contributed by atoms with van der Waals surface area (Å²) < 4.78 is 74.7. The van der Waals surface area contributed by atoms with E-state index in [1.807, 2.05) is 56.3 Å². The molecule has 3 heterocycles. The van der Waals surface area contributed by atoms with Gasteiger partial charge in [0, 0.05) is 64.8 Å². The van der Waals surface area contributed by atoms with Crippen LogP contribution in [0.25, 0.3) is 32.9 Å². The Morgan fingerprint density at radius 2 is 1.32 bits per heavy atom. The first kappa shape index (κ1) is 65.8. The van der Waals surface area contributed by atoms with E-state index in [4.69, 9.17) is 14.3 Å². The highest BCUT2D eigenvalue weighted by molar-refractivity contribution is 7.93. The molecule has 9 N–H and O–H groups in total. The van der Waals surface area contributed by atoms with Crippen LogP contribution < -0.4 is 46.4 Å². The highest BCUT2D eigenvalue weighted by Crippen LogP contribution is 2.34. The number of hydrogen-bond acceptors (Lipinski definition) is 18. The molecule has 0 aliphatic carbocycles. The van der Waals surface area contributed by atoms with Crippen molar-refractivity contribution in [2.24, 2.45) is 0 Å². The van der Waals surface area contributed by atoms with Crippen molar-refractivity contribution in [1.82, 2.24) is 35.9 Å². The molecule has 1 unspecified atom stereocenters. The number of non-ortho nitro benzene ring substituents is 1. The van der Waals surface area contributed by atoms with Crippen LogP contribution >= 0.6 is 0 Å². The largest absolute Gasteiger partial charge is 0.378 e. The van der Waals surface area contributed by atoms with Crippen LogP contribution in [-0.4, -0.2) is 97.9 Å². The fraction of sp³-hybridized carbons (Fsp3) is 0.215. The second kappa shape index (κ2) is 29.4. The summed E-state index contributed by atoms with van der Waals surface area (Å²) >= 11 is 0. The summed E-state index contributed by atoms with van der Waals surface area (Å²) in [6, 6.07) is 40.6.